The summed E-state index contributed by atoms with van der Waals surface area (Å²) in [7, 11) is -3.12. The first-order valence-corrected chi connectivity index (χ1v) is 10.2. The number of piperidine rings is 1. The minimum Gasteiger partial charge on any atom is -0.356 e. The van der Waals surface area contributed by atoms with Crippen LogP contribution in [0.1, 0.15) is 32.6 Å². The lowest BCUT2D eigenvalue weighted by Gasteiger charge is -2.29. The first-order valence-electron chi connectivity index (χ1n) is 8.31. The highest BCUT2D eigenvalue weighted by Gasteiger charge is 2.29. The lowest BCUT2D eigenvalue weighted by Crippen LogP contribution is -2.43. The zero-order valence-corrected chi connectivity index (χ0v) is 14.6. The monoisotopic (exact) mass is 331 g/mol. The second kappa shape index (κ2) is 7.75. The summed E-state index contributed by atoms with van der Waals surface area (Å²) in [6.45, 7) is 7.21. The number of nitrogens with zero attached hydrogens (tertiary/aromatic N) is 2. The van der Waals surface area contributed by atoms with Crippen molar-refractivity contribution in [2.75, 3.05) is 45.5 Å². The molecular weight excluding hydrogens is 302 g/mol. The van der Waals surface area contributed by atoms with Crippen molar-refractivity contribution in [2.45, 2.75) is 32.6 Å². The van der Waals surface area contributed by atoms with E-state index in [0.717, 1.165) is 6.54 Å². The molecule has 0 aliphatic carbocycles. The fourth-order valence-corrected chi connectivity index (χ4v) is 4.21. The van der Waals surface area contributed by atoms with Crippen molar-refractivity contribution in [3.63, 3.8) is 0 Å². The molecule has 2 aliphatic rings. The van der Waals surface area contributed by atoms with Crippen molar-refractivity contribution in [1.29, 1.82) is 0 Å². The Labute approximate surface area is 134 Å². The van der Waals surface area contributed by atoms with E-state index in [9.17, 15) is 13.2 Å². The van der Waals surface area contributed by atoms with Gasteiger partial charge in [-0.25, -0.2) is 12.7 Å². The molecule has 2 saturated heterocycles. The standard InChI is InChI=1S/C15H29N3O3S/c1-13(12-17-7-3-4-8-17)11-16-15(19)14-5-9-18(10-6-14)22(2,20)21/h13-14H,3-12H2,1-2H3,(H,16,19). The van der Waals surface area contributed by atoms with E-state index >= 15 is 0 Å². The topological polar surface area (TPSA) is 69.7 Å². The molecule has 1 unspecified atom stereocenters. The van der Waals surface area contributed by atoms with Gasteiger partial charge in [-0.3, -0.25) is 4.79 Å². The maximum atomic E-state index is 12.2. The van der Waals surface area contributed by atoms with Gasteiger partial charge in [-0.05, 0) is 44.7 Å². The summed E-state index contributed by atoms with van der Waals surface area (Å²) in [5.41, 5.74) is 0. The zero-order valence-electron chi connectivity index (χ0n) is 13.8. The average Bonchev–Trinajstić information content (AvgIpc) is 2.97. The van der Waals surface area contributed by atoms with Gasteiger partial charge in [0.25, 0.3) is 0 Å². The summed E-state index contributed by atoms with van der Waals surface area (Å²) in [5.74, 6) is 0.497. The fraction of sp³-hybridized carbons (Fsp3) is 0.933. The van der Waals surface area contributed by atoms with Gasteiger partial charge in [-0.15, -0.1) is 0 Å². The Kier molecular flexibility index (Phi) is 6.23. The number of amides is 1. The smallest absolute Gasteiger partial charge is 0.223 e. The SMILES string of the molecule is CC(CNC(=O)C1CCN(S(C)(=O)=O)CC1)CN1CCCC1. The van der Waals surface area contributed by atoms with Gasteiger partial charge in [-0.2, -0.15) is 0 Å². The van der Waals surface area contributed by atoms with Gasteiger partial charge in [0.15, 0.2) is 0 Å². The number of nitrogens with one attached hydrogen (secondary N) is 1. The third-order valence-electron chi connectivity index (χ3n) is 4.69. The molecule has 128 valence electrons. The zero-order chi connectivity index (χ0) is 16.2. The highest BCUT2D eigenvalue weighted by atomic mass is 32.2. The summed E-state index contributed by atoms with van der Waals surface area (Å²) < 4.78 is 24.4. The van der Waals surface area contributed by atoms with Crippen LogP contribution >= 0.6 is 0 Å². The van der Waals surface area contributed by atoms with Gasteiger partial charge in [0.2, 0.25) is 15.9 Å². The van der Waals surface area contributed by atoms with Crippen molar-refractivity contribution in [1.82, 2.24) is 14.5 Å². The van der Waals surface area contributed by atoms with Crippen LogP contribution in [0.4, 0.5) is 0 Å². The van der Waals surface area contributed by atoms with Crippen molar-refractivity contribution in [2.24, 2.45) is 11.8 Å². The molecule has 0 spiro atoms. The molecule has 2 rings (SSSR count). The van der Waals surface area contributed by atoms with Gasteiger partial charge in [0.1, 0.15) is 0 Å². The molecule has 0 aromatic rings. The molecule has 2 fully saturated rings. The maximum Gasteiger partial charge on any atom is 0.223 e. The van der Waals surface area contributed by atoms with Crippen LogP contribution in [-0.2, 0) is 14.8 Å². The van der Waals surface area contributed by atoms with Crippen molar-refractivity contribution >= 4 is 15.9 Å². The number of sulfonamides is 1. The van der Waals surface area contributed by atoms with Gasteiger partial charge in [0, 0.05) is 32.1 Å². The minimum atomic E-state index is -3.12. The Bertz CT molecular complexity index is 466. The first kappa shape index (κ1) is 17.7. The van der Waals surface area contributed by atoms with Crippen molar-refractivity contribution in [3.8, 4) is 0 Å². The minimum absolute atomic E-state index is 0.0445. The predicted molar refractivity (Wildman–Crippen MR) is 87.0 cm³/mol. The van der Waals surface area contributed by atoms with E-state index in [1.54, 1.807) is 0 Å². The third kappa shape index (κ3) is 5.21. The highest BCUT2D eigenvalue weighted by Crippen LogP contribution is 2.19. The van der Waals surface area contributed by atoms with Crippen LogP contribution in [0.5, 0.6) is 0 Å². The fourth-order valence-electron chi connectivity index (χ4n) is 3.34. The van der Waals surface area contributed by atoms with E-state index in [1.165, 1.54) is 36.5 Å². The number of rotatable bonds is 6. The van der Waals surface area contributed by atoms with E-state index in [4.69, 9.17) is 0 Å². The highest BCUT2D eigenvalue weighted by molar-refractivity contribution is 7.88. The summed E-state index contributed by atoms with van der Waals surface area (Å²) in [6.07, 6.45) is 5.06. The molecule has 7 heteroatoms. The molecule has 0 saturated carbocycles. The van der Waals surface area contributed by atoms with E-state index in [-0.39, 0.29) is 11.8 Å². The Morgan fingerprint density at radius 2 is 1.77 bits per heavy atom. The van der Waals surface area contributed by atoms with Crippen LogP contribution in [0, 0.1) is 11.8 Å². The second-order valence-electron chi connectivity index (χ2n) is 6.79. The molecule has 0 aromatic heterocycles. The van der Waals surface area contributed by atoms with Crippen LogP contribution in [0.15, 0.2) is 0 Å². The molecule has 0 radical (unpaired) electrons. The third-order valence-corrected chi connectivity index (χ3v) is 5.99. The van der Waals surface area contributed by atoms with Crippen LogP contribution in [-0.4, -0.2) is 69.1 Å². The van der Waals surface area contributed by atoms with Crippen LogP contribution < -0.4 is 5.32 Å². The number of likely N-dealkylation sites (tertiary alicyclic amines) is 1. The summed E-state index contributed by atoms with van der Waals surface area (Å²) >= 11 is 0. The van der Waals surface area contributed by atoms with Gasteiger partial charge in [-0.1, -0.05) is 6.92 Å². The quantitative estimate of drug-likeness (QED) is 0.770. The average molecular weight is 331 g/mol. The van der Waals surface area contributed by atoms with Crippen molar-refractivity contribution in [3.05, 3.63) is 0 Å². The number of hydrogen-bond acceptors (Lipinski definition) is 4. The van der Waals surface area contributed by atoms with Crippen LogP contribution in [0.3, 0.4) is 0 Å². The summed E-state index contributed by atoms with van der Waals surface area (Å²) in [5, 5.41) is 3.05. The molecule has 1 amide bonds. The molecular formula is C15H29N3O3S. The molecule has 0 aromatic carbocycles. The molecule has 6 nitrogen and oxygen atoms in total. The number of hydrogen-bond donors (Lipinski definition) is 1. The molecule has 0 bridgehead atoms. The Morgan fingerprint density at radius 1 is 1.18 bits per heavy atom. The normalized spacial score (nSPS) is 23.5. The van der Waals surface area contributed by atoms with E-state index in [2.05, 4.69) is 17.1 Å². The molecule has 1 atom stereocenters. The molecule has 1 N–H and O–H groups in total. The maximum absolute atomic E-state index is 12.2. The molecule has 2 heterocycles. The Balaban J connectivity index is 1.67. The number of carbonyl (C=O) groups is 1. The predicted octanol–water partition coefficient (Wildman–Crippen LogP) is 0.506. The summed E-state index contributed by atoms with van der Waals surface area (Å²) in [6, 6.07) is 0. The Morgan fingerprint density at radius 3 is 2.32 bits per heavy atom. The van der Waals surface area contributed by atoms with Crippen LogP contribution in [0.2, 0.25) is 0 Å². The van der Waals surface area contributed by atoms with Crippen molar-refractivity contribution < 1.29 is 13.2 Å². The number of carbonyl (C=O) groups excluding carboxylic acids is 1. The summed E-state index contributed by atoms with van der Waals surface area (Å²) in [4.78, 5) is 14.7. The largest absolute Gasteiger partial charge is 0.356 e. The van der Waals surface area contributed by atoms with Gasteiger partial charge in [0.05, 0.1) is 6.26 Å². The molecule has 2 aliphatic heterocycles. The van der Waals surface area contributed by atoms with Gasteiger partial charge >= 0.3 is 0 Å². The van der Waals surface area contributed by atoms with E-state index < -0.39 is 10.0 Å². The second-order valence-corrected chi connectivity index (χ2v) is 8.78. The van der Waals surface area contributed by atoms with E-state index in [1.807, 2.05) is 0 Å². The molecule has 22 heavy (non-hydrogen) atoms. The lowest BCUT2D eigenvalue weighted by atomic mass is 9.97. The Hall–Kier alpha value is -0.660. The van der Waals surface area contributed by atoms with Gasteiger partial charge < -0.3 is 10.2 Å². The van der Waals surface area contributed by atoms with Crippen LogP contribution in [0.25, 0.3) is 0 Å². The lowest BCUT2D eigenvalue weighted by molar-refractivity contribution is -0.126. The first-order chi connectivity index (χ1) is 10.4. The van der Waals surface area contributed by atoms with E-state index in [0.29, 0.717) is 38.4 Å².